The molecule has 1 heterocycles. The first-order valence-corrected chi connectivity index (χ1v) is 5.48. The molecule has 0 radical (unpaired) electrons. The van der Waals surface area contributed by atoms with Crippen molar-refractivity contribution in [1.82, 2.24) is 0 Å². The molecule has 1 atom stereocenters. The van der Waals surface area contributed by atoms with E-state index in [1.54, 1.807) is 13.8 Å². The third kappa shape index (κ3) is 3.48. The maximum Gasteiger partial charge on any atom is 0.228 e. The van der Waals surface area contributed by atoms with Gasteiger partial charge in [-0.15, -0.1) is 0 Å². The van der Waals surface area contributed by atoms with Gasteiger partial charge in [0.1, 0.15) is 11.5 Å². The van der Waals surface area contributed by atoms with Crippen molar-refractivity contribution in [2.45, 2.75) is 39.1 Å². The molecule has 1 rings (SSSR count). The summed E-state index contributed by atoms with van der Waals surface area (Å²) in [5.41, 5.74) is 0.127. The Labute approximate surface area is 105 Å². The van der Waals surface area contributed by atoms with Crippen LogP contribution in [0.4, 0.5) is 0 Å². The van der Waals surface area contributed by atoms with Crippen LogP contribution in [0.15, 0.2) is 11.3 Å². The average Bonchev–Trinajstić information content (AvgIpc) is 2.25. The SMILES string of the molecule is CC(=O)CC(O)=C1COC(C)(C)OC1C(=O)C=O. The Balaban J connectivity index is 3.05. The number of aldehydes is 1. The third-order valence-electron chi connectivity index (χ3n) is 2.46. The van der Waals surface area contributed by atoms with Crippen LogP contribution in [-0.4, -0.2) is 41.5 Å². The zero-order valence-corrected chi connectivity index (χ0v) is 10.6. The predicted molar refractivity (Wildman–Crippen MR) is 60.9 cm³/mol. The van der Waals surface area contributed by atoms with E-state index in [2.05, 4.69) is 0 Å². The summed E-state index contributed by atoms with van der Waals surface area (Å²) in [6.45, 7) is 4.44. The number of rotatable bonds is 4. The summed E-state index contributed by atoms with van der Waals surface area (Å²) in [4.78, 5) is 33.0. The maximum atomic E-state index is 11.5. The molecule has 0 aromatic carbocycles. The average molecular weight is 256 g/mol. The van der Waals surface area contributed by atoms with Crippen LogP contribution in [0.1, 0.15) is 27.2 Å². The van der Waals surface area contributed by atoms with E-state index in [1.807, 2.05) is 0 Å². The zero-order valence-electron chi connectivity index (χ0n) is 10.6. The standard InChI is InChI=1S/C12H16O6/c1-7(14)4-9(15)8-6-17-12(2,3)18-11(8)10(16)5-13/h5,11,15H,4,6H2,1-3H3. The highest BCUT2D eigenvalue weighted by atomic mass is 16.7. The number of hydrogen-bond donors (Lipinski definition) is 1. The topological polar surface area (TPSA) is 89.9 Å². The van der Waals surface area contributed by atoms with E-state index in [0.717, 1.165) is 0 Å². The Kier molecular flexibility index (Phi) is 4.37. The fraction of sp³-hybridized carbons (Fsp3) is 0.583. The van der Waals surface area contributed by atoms with Gasteiger partial charge in [-0.05, 0) is 20.8 Å². The van der Waals surface area contributed by atoms with Gasteiger partial charge in [0.25, 0.3) is 0 Å². The molecular formula is C12H16O6. The molecular weight excluding hydrogens is 240 g/mol. The molecule has 0 amide bonds. The summed E-state index contributed by atoms with van der Waals surface area (Å²) in [6.07, 6.45) is -1.27. The lowest BCUT2D eigenvalue weighted by Crippen LogP contribution is -2.46. The van der Waals surface area contributed by atoms with Gasteiger partial charge < -0.3 is 14.6 Å². The summed E-state index contributed by atoms with van der Waals surface area (Å²) in [7, 11) is 0. The van der Waals surface area contributed by atoms with Crippen molar-refractivity contribution in [3.8, 4) is 0 Å². The van der Waals surface area contributed by atoms with Gasteiger partial charge >= 0.3 is 0 Å². The fourth-order valence-electron chi connectivity index (χ4n) is 1.59. The van der Waals surface area contributed by atoms with Gasteiger partial charge in [0.15, 0.2) is 18.2 Å². The van der Waals surface area contributed by atoms with E-state index in [-0.39, 0.29) is 36.4 Å². The quantitative estimate of drug-likeness (QED) is 0.452. The molecule has 1 unspecified atom stereocenters. The minimum Gasteiger partial charge on any atom is -0.512 e. The lowest BCUT2D eigenvalue weighted by Gasteiger charge is -2.36. The van der Waals surface area contributed by atoms with Crippen molar-refractivity contribution in [2.75, 3.05) is 6.61 Å². The number of carbonyl (C=O) groups is 3. The van der Waals surface area contributed by atoms with Crippen LogP contribution in [0.3, 0.4) is 0 Å². The Hall–Kier alpha value is -1.53. The van der Waals surface area contributed by atoms with Crippen molar-refractivity contribution in [1.29, 1.82) is 0 Å². The third-order valence-corrected chi connectivity index (χ3v) is 2.46. The highest BCUT2D eigenvalue weighted by Gasteiger charge is 2.38. The predicted octanol–water partition coefficient (Wildman–Crippen LogP) is 0.697. The lowest BCUT2D eigenvalue weighted by molar-refractivity contribution is -0.248. The number of hydrogen-bond acceptors (Lipinski definition) is 6. The van der Waals surface area contributed by atoms with Crippen LogP contribution in [0.2, 0.25) is 0 Å². The summed E-state index contributed by atoms with van der Waals surface area (Å²) in [5, 5.41) is 9.76. The van der Waals surface area contributed by atoms with Crippen LogP contribution in [0.25, 0.3) is 0 Å². The van der Waals surface area contributed by atoms with Crippen molar-refractivity contribution in [3.05, 3.63) is 11.3 Å². The number of ether oxygens (including phenoxy) is 2. The van der Waals surface area contributed by atoms with Gasteiger partial charge in [0, 0.05) is 5.57 Å². The monoisotopic (exact) mass is 256 g/mol. The molecule has 0 aromatic rings. The summed E-state index contributed by atoms with van der Waals surface area (Å²) in [6, 6.07) is 0. The normalized spacial score (nSPS) is 25.4. The van der Waals surface area contributed by atoms with Gasteiger partial charge in [-0.25, -0.2) is 0 Å². The van der Waals surface area contributed by atoms with E-state index in [9.17, 15) is 19.5 Å². The van der Waals surface area contributed by atoms with E-state index in [4.69, 9.17) is 9.47 Å². The second-order valence-corrected chi connectivity index (χ2v) is 4.56. The first kappa shape index (κ1) is 14.5. The largest absolute Gasteiger partial charge is 0.512 e. The van der Waals surface area contributed by atoms with Crippen molar-refractivity contribution in [2.24, 2.45) is 0 Å². The lowest BCUT2D eigenvalue weighted by atomic mass is 10.0. The highest BCUT2D eigenvalue weighted by molar-refractivity contribution is 6.28. The summed E-state index contributed by atoms with van der Waals surface area (Å²) >= 11 is 0. The molecule has 0 saturated carbocycles. The number of carbonyl (C=O) groups excluding carboxylic acids is 3. The molecule has 6 heteroatoms. The van der Waals surface area contributed by atoms with Crippen molar-refractivity contribution >= 4 is 17.9 Å². The number of aliphatic hydroxyl groups excluding tert-OH is 1. The van der Waals surface area contributed by atoms with E-state index in [0.29, 0.717) is 0 Å². The highest BCUT2D eigenvalue weighted by Crippen LogP contribution is 2.28. The van der Waals surface area contributed by atoms with Crippen LogP contribution in [0, 0.1) is 0 Å². The minimum absolute atomic E-state index is 0.0592. The van der Waals surface area contributed by atoms with Crippen molar-refractivity contribution in [3.63, 3.8) is 0 Å². The van der Waals surface area contributed by atoms with E-state index in [1.165, 1.54) is 6.92 Å². The Morgan fingerprint density at radius 1 is 1.50 bits per heavy atom. The molecule has 1 aliphatic rings. The smallest absolute Gasteiger partial charge is 0.228 e. The first-order chi connectivity index (χ1) is 8.26. The maximum absolute atomic E-state index is 11.5. The second kappa shape index (κ2) is 5.41. The molecule has 1 N–H and O–H groups in total. The molecule has 0 aliphatic carbocycles. The molecule has 1 fully saturated rings. The molecule has 18 heavy (non-hydrogen) atoms. The number of ketones is 2. The molecule has 1 saturated heterocycles. The molecule has 0 aromatic heterocycles. The van der Waals surface area contributed by atoms with Crippen LogP contribution < -0.4 is 0 Å². The van der Waals surface area contributed by atoms with Crippen LogP contribution in [0.5, 0.6) is 0 Å². The summed E-state index contributed by atoms with van der Waals surface area (Å²) < 4.78 is 10.6. The molecule has 0 bridgehead atoms. The van der Waals surface area contributed by atoms with Gasteiger partial charge in [0.2, 0.25) is 5.78 Å². The summed E-state index contributed by atoms with van der Waals surface area (Å²) in [5.74, 6) is -2.37. The molecule has 1 aliphatic heterocycles. The Morgan fingerprint density at radius 2 is 2.11 bits per heavy atom. The van der Waals surface area contributed by atoms with Gasteiger partial charge in [-0.3, -0.25) is 14.4 Å². The van der Waals surface area contributed by atoms with Gasteiger partial charge in [-0.2, -0.15) is 0 Å². The van der Waals surface area contributed by atoms with Gasteiger partial charge in [0.05, 0.1) is 13.0 Å². The van der Waals surface area contributed by atoms with Gasteiger partial charge in [-0.1, -0.05) is 0 Å². The zero-order chi connectivity index (χ0) is 13.9. The Bertz CT molecular complexity index is 407. The minimum atomic E-state index is -1.19. The number of Topliss-reactive ketones (excluding diaryl/α,β-unsaturated/α-hetero) is 2. The Morgan fingerprint density at radius 3 is 2.61 bits per heavy atom. The number of aliphatic hydroxyl groups is 1. The number of allylic oxidation sites excluding steroid dienone is 1. The first-order valence-electron chi connectivity index (χ1n) is 5.48. The van der Waals surface area contributed by atoms with E-state index < -0.39 is 17.7 Å². The second-order valence-electron chi connectivity index (χ2n) is 4.56. The van der Waals surface area contributed by atoms with E-state index >= 15 is 0 Å². The van der Waals surface area contributed by atoms with Crippen molar-refractivity contribution < 1.29 is 29.0 Å². The molecule has 6 nitrogen and oxygen atoms in total. The molecule has 0 spiro atoms. The fourth-order valence-corrected chi connectivity index (χ4v) is 1.59. The van der Waals surface area contributed by atoms with Crippen LogP contribution >= 0.6 is 0 Å². The molecule has 100 valence electrons. The van der Waals surface area contributed by atoms with Crippen LogP contribution in [-0.2, 0) is 23.9 Å².